The summed E-state index contributed by atoms with van der Waals surface area (Å²) in [5.41, 5.74) is 0.314. The lowest BCUT2D eigenvalue weighted by Gasteiger charge is -2.28. The molecule has 2 atom stereocenters. The lowest BCUT2D eigenvalue weighted by Crippen LogP contribution is -2.33. The number of carbonyl (C=O) groups is 1. The van der Waals surface area contributed by atoms with E-state index in [2.05, 4.69) is 20.2 Å². The molecule has 1 aliphatic carbocycles. The first kappa shape index (κ1) is 21.5. The van der Waals surface area contributed by atoms with E-state index in [0.29, 0.717) is 5.41 Å². The highest BCUT2D eigenvalue weighted by atomic mass is 32.1. The highest BCUT2D eigenvalue weighted by Gasteiger charge is 2.50. The Morgan fingerprint density at radius 3 is 2.76 bits per heavy atom. The van der Waals surface area contributed by atoms with Crippen molar-refractivity contribution in [3.8, 4) is 5.88 Å². The number of pyridine rings is 1. The van der Waals surface area contributed by atoms with Crippen LogP contribution in [0.15, 0.2) is 36.0 Å². The average molecular weight is 429 g/mol. The van der Waals surface area contributed by atoms with Crippen molar-refractivity contribution in [2.75, 3.05) is 19.7 Å². The number of alkyl halides is 3. The zero-order valence-corrected chi connectivity index (χ0v) is 16.5. The van der Waals surface area contributed by atoms with Gasteiger partial charge in [-0.1, -0.05) is 12.5 Å². The summed E-state index contributed by atoms with van der Waals surface area (Å²) in [7, 11) is 0. The molecule has 1 saturated carbocycles. The van der Waals surface area contributed by atoms with Gasteiger partial charge in [0.25, 0.3) is 0 Å². The fourth-order valence-corrected chi connectivity index (χ4v) is 4.71. The van der Waals surface area contributed by atoms with E-state index in [-0.39, 0.29) is 0 Å². The van der Waals surface area contributed by atoms with Gasteiger partial charge in [0.05, 0.1) is 13.2 Å². The molecule has 10 heteroatoms. The molecule has 0 unspecified atom stereocenters. The number of carboxylic acid groups (broad SMARTS) is 1. The number of rotatable bonds is 5. The lowest BCUT2D eigenvalue weighted by atomic mass is 9.82. The van der Waals surface area contributed by atoms with Crippen molar-refractivity contribution in [3.05, 3.63) is 41.0 Å². The normalized spacial score (nSPS) is 23.9. The van der Waals surface area contributed by atoms with E-state index in [1.54, 1.807) is 17.5 Å². The summed E-state index contributed by atoms with van der Waals surface area (Å²) in [4.78, 5) is 20.2. The minimum Gasteiger partial charge on any atom is -0.477 e. The van der Waals surface area contributed by atoms with Crippen molar-refractivity contribution in [3.63, 3.8) is 0 Å². The van der Waals surface area contributed by atoms with Gasteiger partial charge in [-0.3, -0.25) is 4.90 Å². The molecule has 0 aromatic carbocycles. The van der Waals surface area contributed by atoms with Gasteiger partial charge < -0.3 is 9.84 Å². The molecular formula is C19H22F3N3O3S. The topological polar surface area (TPSA) is 75.6 Å². The molecule has 4 rings (SSSR count). The molecule has 1 N–H and O–H groups in total. The lowest BCUT2D eigenvalue weighted by molar-refractivity contribution is -0.192. The molecule has 158 valence electrons. The molecule has 1 aliphatic heterocycles. The Kier molecular flexibility index (Phi) is 6.74. The van der Waals surface area contributed by atoms with E-state index in [1.165, 1.54) is 30.8 Å². The first-order valence-corrected chi connectivity index (χ1v) is 10.1. The largest absolute Gasteiger partial charge is 0.490 e. The van der Waals surface area contributed by atoms with Gasteiger partial charge >= 0.3 is 12.1 Å². The van der Waals surface area contributed by atoms with Crippen LogP contribution in [0.1, 0.15) is 24.3 Å². The van der Waals surface area contributed by atoms with E-state index < -0.39 is 12.1 Å². The molecule has 2 aliphatic rings. The number of hydrogen-bond donors (Lipinski definition) is 1. The van der Waals surface area contributed by atoms with E-state index in [1.807, 2.05) is 24.4 Å². The molecular weight excluding hydrogens is 407 g/mol. The molecule has 3 heterocycles. The van der Waals surface area contributed by atoms with Gasteiger partial charge in [0, 0.05) is 42.3 Å². The summed E-state index contributed by atoms with van der Waals surface area (Å²) in [6.45, 7) is 4.10. The third-order valence-corrected chi connectivity index (χ3v) is 6.10. The molecule has 0 bridgehead atoms. The molecule has 2 aromatic rings. The minimum absolute atomic E-state index is 0.314. The van der Waals surface area contributed by atoms with Gasteiger partial charge in [-0.2, -0.15) is 13.2 Å². The van der Waals surface area contributed by atoms with Gasteiger partial charge in [0.2, 0.25) is 5.88 Å². The van der Waals surface area contributed by atoms with Crippen LogP contribution in [-0.2, 0) is 11.3 Å². The monoisotopic (exact) mass is 429 g/mol. The predicted molar refractivity (Wildman–Crippen MR) is 101 cm³/mol. The zero-order valence-electron chi connectivity index (χ0n) is 15.6. The number of fused-ring (bicyclic) bond motifs is 1. The first-order chi connectivity index (χ1) is 13.8. The van der Waals surface area contributed by atoms with Crippen LogP contribution in [0.3, 0.4) is 0 Å². The summed E-state index contributed by atoms with van der Waals surface area (Å²) in [6.07, 6.45) is 2.56. The van der Waals surface area contributed by atoms with E-state index in [0.717, 1.165) is 31.5 Å². The second-order valence-electron chi connectivity index (χ2n) is 7.31. The van der Waals surface area contributed by atoms with Crippen molar-refractivity contribution in [1.82, 2.24) is 14.9 Å². The van der Waals surface area contributed by atoms with Crippen LogP contribution in [0.25, 0.3) is 0 Å². The average Bonchev–Trinajstić information content (AvgIpc) is 3.37. The number of nitrogens with zero attached hydrogens (tertiary/aromatic N) is 3. The second-order valence-corrected chi connectivity index (χ2v) is 8.29. The fraction of sp³-hybridized carbons (Fsp3) is 0.526. The molecule has 29 heavy (non-hydrogen) atoms. The maximum Gasteiger partial charge on any atom is 0.490 e. The summed E-state index contributed by atoms with van der Waals surface area (Å²) in [6, 6.07) is 5.85. The molecule has 2 fully saturated rings. The SMILES string of the molecule is O=C(O)C(F)(F)F.c1ccc(OC[C@@]23CCC[C@@H]2CN(Cc2nccs2)C3)nc1. The predicted octanol–water partition coefficient (Wildman–Crippen LogP) is 3.85. The van der Waals surface area contributed by atoms with E-state index in [9.17, 15) is 13.2 Å². The van der Waals surface area contributed by atoms with Crippen LogP contribution in [-0.4, -0.2) is 51.8 Å². The number of carboxylic acids is 1. The van der Waals surface area contributed by atoms with Gasteiger partial charge in [0.1, 0.15) is 5.01 Å². The molecule has 0 radical (unpaired) electrons. The number of aliphatic carboxylic acids is 1. The summed E-state index contributed by atoms with van der Waals surface area (Å²) >= 11 is 1.75. The van der Waals surface area contributed by atoms with Crippen LogP contribution < -0.4 is 4.74 Å². The van der Waals surface area contributed by atoms with Crippen LogP contribution >= 0.6 is 11.3 Å². The van der Waals surface area contributed by atoms with Crippen molar-refractivity contribution >= 4 is 17.3 Å². The molecule has 0 amide bonds. The Morgan fingerprint density at radius 2 is 2.14 bits per heavy atom. The van der Waals surface area contributed by atoms with Gasteiger partial charge in [-0.25, -0.2) is 14.8 Å². The highest BCUT2D eigenvalue weighted by molar-refractivity contribution is 7.09. The number of aromatic nitrogens is 2. The number of halogens is 3. The van der Waals surface area contributed by atoms with Crippen LogP contribution in [0.4, 0.5) is 13.2 Å². The van der Waals surface area contributed by atoms with Crippen molar-refractivity contribution in [2.45, 2.75) is 32.0 Å². The zero-order chi connectivity index (χ0) is 20.9. The Bertz CT molecular complexity index is 789. The Hall–Kier alpha value is -2.20. The molecule has 1 saturated heterocycles. The third-order valence-electron chi connectivity index (χ3n) is 5.34. The summed E-state index contributed by atoms with van der Waals surface area (Å²) < 4.78 is 37.8. The van der Waals surface area contributed by atoms with Crippen LogP contribution in [0, 0.1) is 11.3 Å². The maximum absolute atomic E-state index is 10.6. The molecule has 0 spiro atoms. The Balaban J connectivity index is 0.000000298. The van der Waals surface area contributed by atoms with Crippen LogP contribution in [0.2, 0.25) is 0 Å². The first-order valence-electron chi connectivity index (χ1n) is 9.23. The second kappa shape index (κ2) is 9.08. The molecule has 6 nitrogen and oxygen atoms in total. The standard InChI is InChI=1S/C17H21N3OS.C2HF3O2/c1-2-7-18-15(5-1)21-13-17-6-3-4-14(17)10-20(12-17)11-16-19-8-9-22-16;3-2(4,5)1(6)7/h1-2,5,7-9,14H,3-4,6,10-13H2;(H,6,7)/t14-,17+;/m1./s1. The highest BCUT2D eigenvalue weighted by Crippen LogP contribution is 2.49. The molecule has 2 aromatic heterocycles. The third kappa shape index (κ3) is 5.66. The van der Waals surface area contributed by atoms with Gasteiger partial charge in [0.15, 0.2) is 0 Å². The van der Waals surface area contributed by atoms with E-state index >= 15 is 0 Å². The van der Waals surface area contributed by atoms with Gasteiger partial charge in [-0.05, 0) is 24.8 Å². The number of ether oxygens (including phenoxy) is 1. The number of hydrogen-bond acceptors (Lipinski definition) is 6. The Labute approximate surface area is 170 Å². The van der Waals surface area contributed by atoms with E-state index in [4.69, 9.17) is 14.6 Å². The Morgan fingerprint density at radius 1 is 1.34 bits per heavy atom. The minimum atomic E-state index is -5.08. The smallest absolute Gasteiger partial charge is 0.477 e. The summed E-state index contributed by atoms with van der Waals surface area (Å²) in [5.74, 6) is -1.25. The number of thiazole rings is 1. The van der Waals surface area contributed by atoms with Crippen molar-refractivity contribution in [1.29, 1.82) is 0 Å². The van der Waals surface area contributed by atoms with Crippen molar-refractivity contribution in [2.24, 2.45) is 11.3 Å². The number of likely N-dealkylation sites (tertiary alicyclic amines) is 1. The quantitative estimate of drug-likeness (QED) is 0.778. The summed E-state index contributed by atoms with van der Waals surface area (Å²) in [5, 5.41) is 10.4. The maximum atomic E-state index is 10.6. The fourth-order valence-electron chi connectivity index (χ4n) is 4.05. The van der Waals surface area contributed by atoms with Crippen molar-refractivity contribution < 1.29 is 27.8 Å². The van der Waals surface area contributed by atoms with Gasteiger partial charge in [-0.15, -0.1) is 11.3 Å². The van der Waals surface area contributed by atoms with Crippen LogP contribution in [0.5, 0.6) is 5.88 Å².